The molecule has 25 heteroatoms. The van der Waals surface area contributed by atoms with Gasteiger partial charge in [0.15, 0.2) is 0 Å². The van der Waals surface area contributed by atoms with Gasteiger partial charge < -0.3 is 79.6 Å². The molecule has 3 rings (SSSR count). The monoisotopic (exact) mass is 1010 g/mol. The fraction of sp³-hybridized carbons (Fsp3) is 0.511. The number of aldehydes is 1. The number of phenolic OH excluding ortho intramolecular Hbond substituents is 2. The summed E-state index contributed by atoms with van der Waals surface area (Å²) in [5, 5.41) is 49.9. The minimum atomic E-state index is -1.55. The first-order valence-corrected chi connectivity index (χ1v) is 23.1. The molecule has 72 heavy (non-hydrogen) atoms. The third-order valence-corrected chi connectivity index (χ3v) is 11.6. The number of aliphatic carboxylic acids is 2. The zero-order valence-corrected chi connectivity index (χ0v) is 40.6. The van der Waals surface area contributed by atoms with Gasteiger partial charge in [-0.05, 0) is 72.9 Å². The largest absolute Gasteiger partial charge is 0.508 e. The summed E-state index contributed by atoms with van der Waals surface area (Å²) in [7, 11) is 0. The zero-order valence-electron chi connectivity index (χ0n) is 40.6. The molecule has 1 aliphatic heterocycles. The summed E-state index contributed by atoms with van der Waals surface area (Å²) in [5.41, 5.74) is 23.2. The topological polar surface area (TPSA) is 436 Å². The van der Waals surface area contributed by atoms with Crippen molar-refractivity contribution in [2.75, 3.05) is 6.54 Å². The van der Waals surface area contributed by atoms with Gasteiger partial charge in [0.2, 0.25) is 47.3 Å². The molecule has 1 heterocycles. The number of carbonyl (C=O) groups is 11. The normalized spacial score (nSPS) is 16.3. The SMILES string of the molecule is CC[C@H](C)[C@H](NC(=O)[C@H](CC(=O)O)NC(=O)[C@@H]1CCCN1C(=O)[C@@H](N)CC(N)=O)C(=O)N[C@H](C=O)C(C)C.NC(=O)CC[C@H](NC(=O)[C@@H](N)Cc1ccc(O)cc1)C(=O)N[C@@H](Cc1ccc(O)cc1)C(=O)O. The highest BCUT2D eigenvalue weighted by Gasteiger charge is 2.39. The number of benzene rings is 2. The molecular weight excluding hydrogens is 945 g/mol. The van der Waals surface area contributed by atoms with Gasteiger partial charge in [0.1, 0.15) is 48.0 Å². The van der Waals surface area contributed by atoms with Crippen molar-refractivity contribution in [3.05, 3.63) is 59.7 Å². The maximum atomic E-state index is 13.1. The van der Waals surface area contributed by atoms with Crippen LogP contribution in [0.4, 0.5) is 0 Å². The van der Waals surface area contributed by atoms with Crippen molar-refractivity contribution in [2.24, 2.45) is 34.8 Å². The Kier molecular flexibility index (Phi) is 24.8. The number of nitrogens with one attached hydrogen (secondary N) is 5. The second kappa shape index (κ2) is 29.5. The van der Waals surface area contributed by atoms with Crippen LogP contribution in [0.5, 0.6) is 11.5 Å². The number of rotatable bonds is 27. The summed E-state index contributed by atoms with van der Waals surface area (Å²) in [5.74, 6) is -9.10. The number of phenols is 2. The fourth-order valence-corrected chi connectivity index (χ4v) is 7.19. The van der Waals surface area contributed by atoms with Crippen LogP contribution in [0.15, 0.2) is 48.5 Å². The van der Waals surface area contributed by atoms with Crippen LogP contribution in [-0.4, -0.2) is 146 Å². The van der Waals surface area contributed by atoms with Crippen molar-refractivity contribution < 1.29 is 73.2 Å². The lowest BCUT2D eigenvalue weighted by molar-refractivity contribution is -0.143. The number of amides is 8. The minimum Gasteiger partial charge on any atom is -0.508 e. The number of nitrogens with zero attached hydrogens (tertiary/aromatic N) is 1. The lowest BCUT2D eigenvalue weighted by atomic mass is 9.96. The number of nitrogens with two attached hydrogens (primary N) is 4. The summed E-state index contributed by atoms with van der Waals surface area (Å²) < 4.78 is 0. The van der Waals surface area contributed by atoms with E-state index in [0.717, 1.165) is 0 Å². The average Bonchev–Trinajstić information content (AvgIpc) is 3.81. The Morgan fingerprint density at radius 3 is 1.71 bits per heavy atom. The van der Waals surface area contributed by atoms with Crippen LogP contribution in [0.1, 0.15) is 83.8 Å². The molecule has 25 nitrogen and oxygen atoms in total. The Morgan fingerprint density at radius 1 is 0.681 bits per heavy atom. The minimum absolute atomic E-state index is 0.0116. The molecule has 396 valence electrons. The Balaban J connectivity index is 0.000000496. The molecule has 1 fully saturated rings. The molecule has 0 radical (unpaired) electrons. The van der Waals surface area contributed by atoms with E-state index >= 15 is 0 Å². The zero-order chi connectivity index (χ0) is 54.4. The molecule has 0 unspecified atom stereocenters. The molecule has 0 saturated carbocycles. The third kappa shape index (κ3) is 20.4. The van der Waals surface area contributed by atoms with E-state index in [1.54, 1.807) is 39.8 Å². The average molecular weight is 1010 g/mol. The smallest absolute Gasteiger partial charge is 0.326 e. The number of aromatic hydroxyl groups is 2. The predicted molar refractivity (Wildman–Crippen MR) is 256 cm³/mol. The third-order valence-electron chi connectivity index (χ3n) is 11.6. The van der Waals surface area contributed by atoms with E-state index in [-0.39, 0.29) is 62.0 Å². The van der Waals surface area contributed by atoms with Crippen molar-refractivity contribution in [3.8, 4) is 11.5 Å². The molecule has 9 atom stereocenters. The standard InChI is InChI=1S/C24H40N6O8.C23H28N4O7/c1-5-13(4)20(23(37)28-16(11-31)12(2)3)29-21(35)15(10-19(33)34)27-22(36)17-7-6-8-30(17)24(38)14(25)9-18(26)32;24-17(11-13-1-5-15(28)6-2-13)21(31)26-18(9-10-20(25)30)22(32)27-19(23(33)34)12-14-3-7-16(29)8-4-14/h11-17,20H,5-10,25H2,1-4H3,(H2,26,32)(H,27,36)(H,28,37)(H,29,35)(H,33,34);1-8,17-19,28-29H,9-12,24H2,(H2,25,30)(H,26,31)(H,27,32)(H,33,34)/t13-,14-,15-,16+,17-,20-;17-,18-,19-/m00/s1. The fourth-order valence-electron chi connectivity index (χ4n) is 7.19. The molecule has 0 bridgehead atoms. The number of carboxylic acid groups (broad SMARTS) is 2. The van der Waals surface area contributed by atoms with E-state index in [4.69, 9.17) is 22.9 Å². The summed E-state index contributed by atoms with van der Waals surface area (Å²) in [4.78, 5) is 135. The molecular formula is C47H68N10O15. The number of hydrogen-bond acceptors (Lipinski definition) is 15. The lowest BCUT2D eigenvalue weighted by Crippen LogP contribution is -2.59. The van der Waals surface area contributed by atoms with Crippen LogP contribution in [-0.2, 0) is 65.6 Å². The van der Waals surface area contributed by atoms with Gasteiger partial charge in [-0.2, -0.15) is 0 Å². The molecule has 1 aliphatic rings. The maximum absolute atomic E-state index is 13.1. The van der Waals surface area contributed by atoms with Gasteiger partial charge in [0.05, 0.1) is 31.0 Å². The number of carbonyl (C=O) groups excluding carboxylic acids is 9. The Labute approximate surface area is 415 Å². The van der Waals surface area contributed by atoms with Gasteiger partial charge in [-0.15, -0.1) is 0 Å². The van der Waals surface area contributed by atoms with E-state index in [0.29, 0.717) is 30.3 Å². The van der Waals surface area contributed by atoms with Gasteiger partial charge in [-0.1, -0.05) is 58.4 Å². The van der Waals surface area contributed by atoms with Gasteiger partial charge in [-0.3, -0.25) is 43.2 Å². The number of primary amides is 2. The predicted octanol–water partition coefficient (Wildman–Crippen LogP) is -2.46. The molecule has 0 aliphatic carbocycles. The summed E-state index contributed by atoms with van der Waals surface area (Å²) in [6.07, 6.45) is 0.252. The van der Waals surface area contributed by atoms with E-state index in [1.165, 1.54) is 41.3 Å². The van der Waals surface area contributed by atoms with E-state index < -0.39 is 120 Å². The Bertz CT molecular complexity index is 2230. The van der Waals surface area contributed by atoms with Crippen molar-refractivity contribution in [3.63, 3.8) is 0 Å². The first-order chi connectivity index (χ1) is 33.8. The Hall–Kier alpha value is -7.67. The van der Waals surface area contributed by atoms with Gasteiger partial charge >= 0.3 is 11.9 Å². The highest BCUT2D eigenvalue weighted by molar-refractivity contribution is 5.97. The summed E-state index contributed by atoms with van der Waals surface area (Å²) in [6, 6.07) is 2.60. The van der Waals surface area contributed by atoms with Crippen LogP contribution in [0, 0.1) is 11.8 Å². The number of hydrogen-bond donors (Lipinski definition) is 13. The maximum Gasteiger partial charge on any atom is 0.326 e. The second-order valence-corrected chi connectivity index (χ2v) is 17.7. The van der Waals surface area contributed by atoms with Crippen LogP contribution >= 0.6 is 0 Å². The van der Waals surface area contributed by atoms with Crippen molar-refractivity contribution in [1.29, 1.82) is 0 Å². The van der Waals surface area contributed by atoms with Gasteiger partial charge in [0.25, 0.3) is 0 Å². The van der Waals surface area contributed by atoms with Crippen LogP contribution in [0.2, 0.25) is 0 Å². The number of carboxylic acids is 2. The summed E-state index contributed by atoms with van der Waals surface area (Å²) >= 11 is 0. The second-order valence-electron chi connectivity index (χ2n) is 17.7. The molecule has 2 aromatic carbocycles. The first kappa shape index (κ1) is 60.5. The van der Waals surface area contributed by atoms with Crippen LogP contribution < -0.4 is 49.5 Å². The van der Waals surface area contributed by atoms with E-state index in [1.807, 2.05) is 0 Å². The van der Waals surface area contributed by atoms with Crippen LogP contribution in [0.25, 0.3) is 0 Å². The van der Waals surface area contributed by atoms with E-state index in [9.17, 15) is 73.2 Å². The molecule has 0 aromatic heterocycles. The molecule has 0 spiro atoms. The molecule has 8 amide bonds. The highest BCUT2D eigenvalue weighted by atomic mass is 16.4. The van der Waals surface area contributed by atoms with E-state index in [2.05, 4.69) is 26.6 Å². The quantitative estimate of drug-likeness (QED) is 0.0413. The highest BCUT2D eigenvalue weighted by Crippen LogP contribution is 2.20. The molecule has 1 saturated heterocycles. The van der Waals surface area contributed by atoms with Crippen molar-refractivity contribution in [1.82, 2.24) is 31.5 Å². The van der Waals surface area contributed by atoms with Crippen molar-refractivity contribution >= 4 is 65.5 Å². The lowest BCUT2D eigenvalue weighted by Gasteiger charge is -2.29. The van der Waals surface area contributed by atoms with Gasteiger partial charge in [-0.25, -0.2) is 4.79 Å². The van der Waals surface area contributed by atoms with Crippen molar-refractivity contribution in [2.45, 2.75) is 134 Å². The molecule has 17 N–H and O–H groups in total. The Morgan fingerprint density at radius 2 is 1.22 bits per heavy atom. The van der Waals surface area contributed by atoms with Gasteiger partial charge in [0, 0.05) is 19.4 Å². The summed E-state index contributed by atoms with van der Waals surface area (Å²) in [6.45, 7) is 7.17. The first-order valence-electron chi connectivity index (χ1n) is 23.1. The molecule has 2 aromatic rings. The van der Waals surface area contributed by atoms with Crippen LogP contribution in [0.3, 0.4) is 0 Å². The number of likely N-dealkylation sites (tertiary alicyclic amines) is 1.